The van der Waals surface area contributed by atoms with Crippen LogP contribution in [-0.4, -0.2) is 68.5 Å². The van der Waals surface area contributed by atoms with Crippen molar-refractivity contribution in [1.29, 1.82) is 0 Å². The second-order valence-electron chi connectivity index (χ2n) is 17.7. The Hall–Kier alpha value is -2.36. The number of benzene rings is 1. The number of carboxylic acids is 1. The zero-order chi connectivity index (χ0) is 34.5. The summed E-state index contributed by atoms with van der Waals surface area (Å²) in [6.45, 7) is 12.7. The average Bonchev–Trinajstić information content (AvgIpc) is 3.13. The van der Waals surface area contributed by atoms with Crippen LogP contribution in [0.5, 0.6) is 11.5 Å². The van der Waals surface area contributed by atoms with E-state index in [1.54, 1.807) is 6.92 Å². The van der Waals surface area contributed by atoms with Crippen molar-refractivity contribution in [1.82, 2.24) is 0 Å². The van der Waals surface area contributed by atoms with Gasteiger partial charge < -0.3 is 35.0 Å². The van der Waals surface area contributed by atoms with E-state index in [0.29, 0.717) is 44.9 Å². The lowest BCUT2D eigenvalue weighted by atomic mass is 9.41. The van der Waals surface area contributed by atoms with E-state index in [0.717, 1.165) is 19.3 Å². The number of rotatable bonds is 4. The summed E-state index contributed by atoms with van der Waals surface area (Å²) in [7, 11) is 1.39. The molecule has 0 unspecified atom stereocenters. The maximum Gasteiger partial charge on any atom is 0.338 e. The third-order valence-corrected chi connectivity index (χ3v) is 15.3. The Balaban J connectivity index is 1.32. The third kappa shape index (κ3) is 4.79. The number of carbonyl (C=O) groups is 2. The Kier molecular flexibility index (Phi) is 8.13. The van der Waals surface area contributed by atoms with E-state index in [1.165, 1.54) is 25.3 Å². The summed E-state index contributed by atoms with van der Waals surface area (Å²) >= 11 is 0. The highest BCUT2D eigenvalue weighted by atomic mass is 16.5. The van der Waals surface area contributed by atoms with E-state index in [9.17, 15) is 35.1 Å². The van der Waals surface area contributed by atoms with E-state index in [2.05, 4.69) is 34.6 Å². The van der Waals surface area contributed by atoms with Crippen LogP contribution in [0.3, 0.4) is 0 Å². The largest absolute Gasteiger partial charge is 0.504 e. The highest BCUT2D eigenvalue weighted by Gasteiger charge is 2.70. The van der Waals surface area contributed by atoms with Crippen molar-refractivity contribution < 1.29 is 44.6 Å². The molecule has 0 aliphatic heterocycles. The maximum atomic E-state index is 13.4. The molecule has 0 saturated heterocycles. The van der Waals surface area contributed by atoms with Crippen LogP contribution in [0.15, 0.2) is 18.2 Å². The predicted octanol–water partition coefficient (Wildman–Crippen LogP) is 5.95. The van der Waals surface area contributed by atoms with Gasteiger partial charge >= 0.3 is 11.9 Å². The molecule has 0 radical (unpaired) electrons. The van der Waals surface area contributed by atoms with Gasteiger partial charge in [-0.15, -0.1) is 0 Å². The molecule has 5 N–H and O–H groups in total. The van der Waals surface area contributed by atoms with Gasteiger partial charge in [0.15, 0.2) is 11.5 Å². The molecule has 0 spiro atoms. The number of aromatic hydroxyl groups is 1. The van der Waals surface area contributed by atoms with Crippen LogP contribution in [0.2, 0.25) is 0 Å². The normalized spacial score (nSPS) is 47.2. The number of phenols is 1. The standard InChI is InChI=1S/C38H56O9/c1-33(2)27-19-29(41)38(45)20-34(3)15-12-25-35(4,24(34)10-11-26(38)36(27,5)16-13-28(33)40)17-14-30(37(25,6)32(43)44)47-31(42)21-8-9-22(39)23(18-21)46-7/h8-9,18,24-30,39-41,45H,10-17,19-20H2,1-7H3,(H,43,44)/t24-,25+,26+,27-,28+,29-,30-,34-,35+,36+,37+,38+/m0/s1. The molecule has 0 aromatic heterocycles. The molecule has 9 nitrogen and oxygen atoms in total. The zero-order valence-corrected chi connectivity index (χ0v) is 29.2. The fourth-order valence-corrected chi connectivity index (χ4v) is 12.8. The lowest BCUT2D eigenvalue weighted by Crippen LogP contribution is -2.67. The Morgan fingerprint density at radius 1 is 0.809 bits per heavy atom. The first-order chi connectivity index (χ1) is 21.8. The quantitative estimate of drug-likeness (QED) is 0.248. The topological polar surface area (TPSA) is 154 Å². The Labute approximate surface area is 279 Å². The molecule has 47 heavy (non-hydrogen) atoms. The third-order valence-electron chi connectivity index (χ3n) is 15.3. The molecule has 5 aliphatic rings. The van der Waals surface area contributed by atoms with Gasteiger partial charge in [0, 0.05) is 0 Å². The summed E-state index contributed by atoms with van der Waals surface area (Å²) in [5.74, 6) is -1.81. The number of aliphatic hydroxyl groups excluding tert-OH is 2. The molecular weight excluding hydrogens is 600 g/mol. The Bertz CT molecular complexity index is 1430. The SMILES string of the molecule is COc1cc(C(=O)O[C@H]2CC[C@@]3(C)[C@@H](CC[C@@]4(C)C[C@@]5(O)[C@H](CC[C@@H]43)[C@@]3(C)CC[C@@H](O)C(C)(C)[C@@H]3C[C@@H]5O)[C@@]2(C)C(=O)O)ccc1O. The monoisotopic (exact) mass is 656 g/mol. The van der Waals surface area contributed by atoms with Gasteiger partial charge in [0.1, 0.15) is 11.5 Å². The highest BCUT2D eigenvalue weighted by molar-refractivity contribution is 5.90. The minimum absolute atomic E-state index is 0.0734. The van der Waals surface area contributed by atoms with Gasteiger partial charge in [-0.05, 0) is 135 Å². The minimum Gasteiger partial charge on any atom is -0.504 e. The predicted molar refractivity (Wildman–Crippen MR) is 175 cm³/mol. The first-order valence-electron chi connectivity index (χ1n) is 17.7. The maximum absolute atomic E-state index is 13.4. The van der Waals surface area contributed by atoms with Crippen LogP contribution < -0.4 is 4.74 Å². The smallest absolute Gasteiger partial charge is 0.338 e. The molecule has 6 rings (SSSR count). The fourth-order valence-electron chi connectivity index (χ4n) is 12.8. The van der Waals surface area contributed by atoms with Crippen molar-refractivity contribution in [2.45, 2.75) is 130 Å². The van der Waals surface area contributed by atoms with Crippen LogP contribution >= 0.6 is 0 Å². The number of hydrogen-bond acceptors (Lipinski definition) is 8. The van der Waals surface area contributed by atoms with Crippen molar-refractivity contribution >= 4 is 11.9 Å². The van der Waals surface area contributed by atoms with Gasteiger partial charge in [0.2, 0.25) is 0 Å². The van der Waals surface area contributed by atoms with Crippen LogP contribution in [-0.2, 0) is 9.53 Å². The number of methoxy groups -OCH3 is 1. The lowest BCUT2D eigenvalue weighted by molar-refractivity contribution is -0.252. The summed E-state index contributed by atoms with van der Waals surface area (Å²) in [6, 6.07) is 4.21. The number of hydrogen-bond donors (Lipinski definition) is 5. The summed E-state index contributed by atoms with van der Waals surface area (Å²) < 4.78 is 11.2. The Morgan fingerprint density at radius 2 is 1.45 bits per heavy atom. The van der Waals surface area contributed by atoms with Gasteiger partial charge in [0.05, 0.1) is 30.5 Å². The van der Waals surface area contributed by atoms with E-state index >= 15 is 0 Å². The molecule has 12 atom stereocenters. The average molecular weight is 657 g/mol. The molecule has 9 heteroatoms. The molecule has 5 aliphatic carbocycles. The number of ether oxygens (including phenoxy) is 2. The van der Waals surface area contributed by atoms with Crippen LogP contribution in [0, 0.1) is 50.7 Å². The van der Waals surface area contributed by atoms with Crippen LogP contribution in [0.4, 0.5) is 0 Å². The number of aliphatic carboxylic acids is 1. The number of fused-ring (bicyclic) bond motifs is 6. The second kappa shape index (κ2) is 11.1. The molecule has 0 heterocycles. The number of carbonyl (C=O) groups excluding carboxylic acids is 1. The molecular formula is C38H56O9. The second-order valence-corrected chi connectivity index (χ2v) is 17.7. The summed E-state index contributed by atoms with van der Waals surface area (Å²) in [5.41, 5.74) is -3.72. The molecule has 0 amide bonds. The van der Waals surface area contributed by atoms with Crippen molar-refractivity contribution in [3.05, 3.63) is 23.8 Å². The first kappa shape index (κ1) is 34.5. The van der Waals surface area contributed by atoms with Crippen molar-refractivity contribution in [2.75, 3.05) is 7.11 Å². The number of carboxylic acid groups (broad SMARTS) is 1. The van der Waals surface area contributed by atoms with E-state index in [1.807, 2.05) is 0 Å². The minimum atomic E-state index is -1.33. The molecule has 1 aromatic rings. The molecule has 262 valence electrons. The van der Waals surface area contributed by atoms with E-state index < -0.39 is 41.3 Å². The number of aliphatic hydroxyl groups is 3. The molecule has 0 bridgehead atoms. The summed E-state index contributed by atoms with van der Waals surface area (Å²) in [6.07, 6.45) is 4.19. The Morgan fingerprint density at radius 3 is 2.11 bits per heavy atom. The van der Waals surface area contributed by atoms with Gasteiger partial charge in [-0.2, -0.15) is 0 Å². The fraction of sp³-hybridized carbons (Fsp3) is 0.789. The molecule has 5 fully saturated rings. The number of esters is 1. The van der Waals surface area contributed by atoms with Gasteiger partial charge in [0.25, 0.3) is 0 Å². The summed E-state index contributed by atoms with van der Waals surface area (Å²) in [4.78, 5) is 26.7. The summed E-state index contributed by atoms with van der Waals surface area (Å²) in [5, 5.41) is 56.3. The van der Waals surface area contributed by atoms with Gasteiger partial charge in [-0.3, -0.25) is 4.79 Å². The zero-order valence-electron chi connectivity index (χ0n) is 29.2. The van der Waals surface area contributed by atoms with Crippen molar-refractivity contribution in [2.24, 2.45) is 50.7 Å². The van der Waals surface area contributed by atoms with Crippen molar-refractivity contribution in [3.63, 3.8) is 0 Å². The van der Waals surface area contributed by atoms with E-state index in [-0.39, 0.29) is 62.4 Å². The van der Waals surface area contributed by atoms with Crippen LogP contribution in [0.1, 0.15) is 116 Å². The highest BCUT2D eigenvalue weighted by Crippen LogP contribution is 2.72. The molecule has 1 aromatic carbocycles. The van der Waals surface area contributed by atoms with E-state index in [4.69, 9.17) is 9.47 Å². The lowest BCUT2D eigenvalue weighted by Gasteiger charge is -2.65. The van der Waals surface area contributed by atoms with Gasteiger partial charge in [-0.25, -0.2) is 4.79 Å². The van der Waals surface area contributed by atoms with Crippen molar-refractivity contribution in [3.8, 4) is 11.5 Å². The first-order valence-corrected chi connectivity index (χ1v) is 17.7. The molecule has 5 saturated carbocycles. The van der Waals surface area contributed by atoms with Gasteiger partial charge in [-0.1, -0.05) is 34.6 Å². The van der Waals surface area contributed by atoms with Crippen LogP contribution in [0.25, 0.3) is 0 Å². The number of phenolic OH excluding ortho intramolecular Hbond substituents is 1.